The number of nitrogens with zero attached hydrogens (tertiary/aromatic N) is 3. The molecule has 0 atom stereocenters. The van der Waals surface area contributed by atoms with Gasteiger partial charge in [-0.3, -0.25) is 0 Å². The minimum absolute atomic E-state index is 0.174. The number of halogens is 1. The molecule has 37 heavy (non-hydrogen) atoms. The first-order chi connectivity index (χ1) is 18.2. The van der Waals surface area contributed by atoms with Crippen LogP contribution < -0.4 is 0 Å². The highest BCUT2D eigenvalue weighted by Gasteiger charge is 2.10. The van der Waals surface area contributed by atoms with Gasteiger partial charge in [-0.2, -0.15) is 9.97 Å². The first-order valence-corrected chi connectivity index (χ1v) is 12.4. The van der Waals surface area contributed by atoms with E-state index < -0.39 is 0 Å². The van der Waals surface area contributed by atoms with Gasteiger partial charge in [-0.1, -0.05) is 133 Å². The van der Waals surface area contributed by atoms with Gasteiger partial charge in [0.25, 0.3) is 0 Å². The Morgan fingerprint density at radius 1 is 0.297 bits per heavy atom. The second-order valence-electron chi connectivity index (χ2n) is 8.72. The van der Waals surface area contributed by atoms with Gasteiger partial charge in [-0.05, 0) is 45.0 Å². The number of hydrogen-bond acceptors (Lipinski definition) is 3. The summed E-state index contributed by atoms with van der Waals surface area (Å²) in [4.78, 5) is 13.5. The van der Waals surface area contributed by atoms with Crippen LogP contribution in [0.25, 0.3) is 56.2 Å². The van der Waals surface area contributed by atoms with E-state index >= 15 is 0 Å². The molecule has 176 valence electrons. The van der Waals surface area contributed by atoms with Gasteiger partial charge in [-0.15, -0.1) is 0 Å². The maximum atomic E-state index is 6.31. The van der Waals surface area contributed by atoms with Crippen LogP contribution in [0.5, 0.6) is 0 Å². The molecule has 1 aromatic heterocycles. The Bertz CT molecular complexity index is 1630. The van der Waals surface area contributed by atoms with Crippen LogP contribution >= 0.6 is 11.6 Å². The smallest absolute Gasteiger partial charge is 0.208 e. The van der Waals surface area contributed by atoms with Crippen molar-refractivity contribution >= 4 is 11.6 Å². The first kappa shape index (κ1) is 22.8. The lowest BCUT2D eigenvalue weighted by atomic mass is 9.99. The molecule has 0 bridgehead atoms. The monoisotopic (exact) mass is 495 g/mol. The van der Waals surface area contributed by atoms with Crippen LogP contribution in [-0.2, 0) is 0 Å². The maximum Gasteiger partial charge on any atom is 0.226 e. The molecule has 0 saturated carbocycles. The number of rotatable bonds is 5. The highest BCUT2D eigenvalue weighted by Crippen LogP contribution is 2.28. The van der Waals surface area contributed by atoms with Crippen molar-refractivity contribution in [1.29, 1.82) is 0 Å². The normalized spacial score (nSPS) is 10.8. The fourth-order valence-corrected chi connectivity index (χ4v) is 4.51. The number of benzene rings is 5. The average Bonchev–Trinajstić information content (AvgIpc) is 2.98. The summed E-state index contributed by atoms with van der Waals surface area (Å²) in [5, 5.41) is 0.174. The fraction of sp³-hybridized carbons (Fsp3) is 0. The second kappa shape index (κ2) is 10.2. The molecule has 3 nitrogen and oxygen atoms in total. The molecule has 0 saturated heterocycles. The zero-order chi connectivity index (χ0) is 25.0. The Morgan fingerprint density at radius 3 is 0.892 bits per heavy atom. The molecular weight excluding hydrogens is 474 g/mol. The van der Waals surface area contributed by atoms with E-state index in [1.165, 1.54) is 16.7 Å². The largest absolute Gasteiger partial charge is 0.226 e. The van der Waals surface area contributed by atoms with Crippen molar-refractivity contribution in [3.05, 3.63) is 139 Å². The maximum absolute atomic E-state index is 6.31. The van der Waals surface area contributed by atoms with Crippen molar-refractivity contribution in [1.82, 2.24) is 15.0 Å². The number of hydrogen-bond donors (Lipinski definition) is 0. The Morgan fingerprint density at radius 2 is 0.568 bits per heavy atom. The van der Waals surface area contributed by atoms with E-state index in [-0.39, 0.29) is 5.28 Å². The molecule has 0 aliphatic carbocycles. The van der Waals surface area contributed by atoms with E-state index in [2.05, 4.69) is 94.9 Å². The van der Waals surface area contributed by atoms with E-state index in [0.717, 1.165) is 27.8 Å². The Balaban J connectivity index is 1.25. The standard InChI is InChI=1S/C33H22ClN3/c34-33-36-31(29-19-15-26(16-20-29)24-9-5-2-6-10-24)35-32(37-33)30-21-17-28(18-22-30)27-13-11-25(12-14-27)23-7-3-1-4-8-23/h1-22H. The van der Waals surface area contributed by atoms with Crippen molar-refractivity contribution < 1.29 is 0 Å². The van der Waals surface area contributed by atoms with Gasteiger partial charge in [0.05, 0.1) is 0 Å². The average molecular weight is 496 g/mol. The molecule has 6 rings (SSSR count). The summed E-state index contributed by atoms with van der Waals surface area (Å²) in [5.41, 5.74) is 8.76. The summed E-state index contributed by atoms with van der Waals surface area (Å²) in [6, 6.07) is 45.6. The molecular formula is C33H22ClN3. The van der Waals surface area contributed by atoms with Crippen molar-refractivity contribution in [3.63, 3.8) is 0 Å². The predicted molar refractivity (Wildman–Crippen MR) is 152 cm³/mol. The van der Waals surface area contributed by atoms with Crippen molar-refractivity contribution in [2.45, 2.75) is 0 Å². The van der Waals surface area contributed by atoms with Gasteiger partial charge in [-0.25, -0.2) is 4.98 Å². The third kappa shape index (κ3) is 5.04. The Labute approximate surface area is 221 Å². The summed E-state index contributed by atoms with van der Waals surface area (Å²) in [7, 11) is 0. The highest BCUT2D eigenvalue weighted by atomic mass is 35.5. The first-order valence-electron chi connectivity index (χ1n) is 12.1. The lowest BCUT2D eigenvalue weighted by molar-refractivity contribution is 1.07. The fourth-order valence-electron chi connectivity index (χ4n) is 4.35. The number of aromatic nitrogens is 3. The van der Waals surface area contributed by atoms with Crippen molar-refractivity contribution in [3.8, 4) is 56.2 Å². The summed E-state index contributed by atoms with van der Waals surface area (Å²) in [6.45, 7) is 0. The van der Waals surface area contributed by atoms with Gasteiger partial charge in [0.1, 0.15) is 0 Å². The predicted octanol–water partition coefficient (Wildman–Crippen LogP) is 8.86. The minimum atomic E-state index is 0.174. The highest BCUT2D eigenvalue weighted by molar-refractivity contribution is 6.28. The quantitative estimate of drug-likeness (QED) is 0.240. The van der Waals surface area contributed by atoms with Gasteiger partial charge < -0.3 is 0 Å². The van der Waals surface area contributed by atoms with E-state index in [4.69, 9.17) is 16.6 Å². The van der Waals surface area contributed by atoms with E-state index in [1.807, 2.05) is 48.5 Å². The lowest BCUT2D eigenvalue weighted by Crippen LogP contribution is -1.97. The van der Waals surface area contributed by atoms with E-state index in [9.17, 15) is 0 Å². The Kier molecular flexibility index (Phi) is 6.28. The summed E-state index contributed by atoms with van der Waals surface area (Å²) >= 11 is 6.31. The molecule has 0 aliphatic heterocycles. The zero-order valence-electron chi connectivity index (χ0n) is 19.9. The Hall–Kier alpha value is -4.60. The van der Waals surface area contributed by atoms with Crippen LogP contribution in [-0.4, -0.2) is 15.0 Å². The third-order valence-corrected chi connectivity index (χ3v) is 6.50. The van der Waals surface area contributed by atoms with Crippen LogP contribution in [0.2, 0.25) is 5.28 Å². The van der Waals surface area contributed by atoms with E-state index in [0.29, 0.717) is 11.6 Å². The molecule has 0 aliphatic rings. The summed E-state index contributed by atoms with van der Waals surface area (Å²) in [5.74, 6) is 1.10. The second-order valence-corrected chi connectivity index (χ2v) is 9.05. The molecule has 5 aromatic carbocycles. The molecule has 1 heterocycles. The molecule has 6 aromatic rings. The van der Waals surface area contributed by atoms with Crippen LogP contribution in [0, 0.1) is 0 Å². The van der Waals surface area contributed by atoms with Crippen LogP contribution in [0.1, 0.15) is 0 Å². The van der Waals surface area contributed by atoms with Crippen LogP contribution in [0.4, 0.5) is 0 Å². The molecule has 0 spiro atoms. The van der Waals surface area contributed by atoms with Crippen molar-refractivity contribution in [2.75, 3.05) is 0 Å². The molecule has 0 fully saturated rings. The van der Waals surface area contributed by atoms with Crippen molar-refractivity contribution in [2.24, 2.45) is 0 Å². The molecule has 0 radical (unpaired) electrons. The van der Waals surface area contributed by atoms with Crippen LogP contribution in [0.15, 0.2) is 133 Å². The SMILES string of the molecule is Clc1nc(-c2ccc(-c3ccccc3)cc2)nc(-c2ccc(-c3ccc(-c4ccccc4)cc3)cc2)n1. The third-order valence-electron chi connectivity index (χ3n) is 6.33. The molecule has 0 unspecified atom stereocenters. The zero-order valence-corrected chi connectivity index (χ0v) is 20.7. The molecule has 0 amide bonds. The van der Waals surface area contributed by atoms with E-state index in [1.54, 1.807) is 0 Å². The van der Waals surface area contributed by atoms with Gasteiger partial charge in [0, 0.05) is 11.1 Å². The topological polar surface area (TPSA) is 38.7 Å². The van der Waals surface area contributed by atoms with Gasteiger partial charge in [0.15, 0.2) is 11.6 Å². The minimum Gasteiger partial charge on any atom is -0.208 e. The molecule has 0 N–H and O–H groups in total. The van der Waals surface area contributed by atoms with Crippen LogP contribution in [0.3, 0.4) is 0 Å². The summed E-state index contributed by atoms with van der Waals surface area (Å²) in [6.07, 6.45) is 0. The van der Waals surface area contributed by atoms with Gasteiger partial charge >= 0.3 is 0 Å². The lowest BCUT2D eigenvalue weighted by Gasteiger charge is -2.08. The van der Waals surface area contributed by atoms with Gasteiger partial charge in [0.2, 0.25) is 5.28 Å². The summed E-state index contributed by atoms with van der Waals surface area (Å²) < 4.78 is 0. The molecule has 4 heteroatoms.